The fourth-order valence-corrected chi connectivity index (χ4v) is 2.20. The fourth-order valence-electron chi connectivity index (χ4n) is 2.00. The van der Waals surface area contributed by atoms with E-state index in [1.807, 2.05) is 20.0 Å². The van der Waals surface area contributed by atoms with Crippen molar-refractivity contribution in [1.29, 1.82) is 0 Å². The van der Waals surface area contributed by atoms with Crippen molar-refractivity contribution < 1.29 is 9.13 Å². The number of nitrogens with one attached hydrogen (secondary N) is 1. The molecule has 21 heavy (non-hydrogen) atoms. The number of halogens is 2. The van der Waals surface area contributed by atoms with Crippen LogP contribution < -0.4 is 5.32 Å². The molecule has 0 aliphatic heterocycles. The largest absolute Gasteiger partial charge is 0.382 e. The van der Waals surface area contributed by atoms with Gasteiger partial charge in [0.2, 0.25) is 5.95 Å². The Balaban J connectivity index is 2.14. The molecule has 1 heterocycles. The molecule has 0 unspecified atom stereocenters. The Bertz CT molecular complexity index is 601. The van der Waals surface area contributed by atoms with Crippen molar-refractivity contribution in [2.24, 2.45) is 0 Å². The van der Waals surface area contributed by atoms with Crippen molar-refractivity contribution in [3.63, 3.8) is 0 Å². The summed E-state index contributed by atoms with van der Waals surface area (Å²) < 4.78 is 20.5. The maximum absolute atomic E-state index is 13.4. The van der Waals surface area contributed by atoms with Crippen molar-refractivity contribution in [2.75, 3.05) is 25.1 Å². The Hall–Kier alpha value is -1.59. The Morgan fingerprint density at radius 3 is 3.00 bits per heavy atom. The lowest BCUT2D eigenvalue weighted by Gasteiger charge is -2.11. The van der Waals surface area contributed by atoms with Crippen LogP contribution in [0.4, 0.5) is 10.3 Å². The molecule has 0 atom stereocenters. The molecule has 0 saturated heterocycles. The molecule has 1 N–H and O–H groups in total. The normalized spacial score (nSPS) is 10.9. The first kappa shape index (κ1) is 15.8. The molecule has 0 aliphatic rings. The van der Waals surface area contributed by atoms with Gasteiger partial charge in [0.15, 0.2) is 0 Å². The molecule has 2 rings (SSSR count). The van der Waals surface area contributed by atoms with E-state index in [2.05, 4.69) is 10.3 Å². The summed E-state index contributed by atoms with van der Waals surface area (Å²) >= 11 is 6.15. The van der Waals surface area contributed by atoms with Gasteiger partial charge in [0.1, 0.15) is 5.82 Å². The lowest BCUT2D eigenvalue weighted by molar-refractivity contribution is 0.147. The predicted octanol–water partition coefficient (Wildman–Crippen LogP) is 3.81. The first-order valence-corrected chi connectivity index (χ1v) is 7.32. The van der Waals surface area contributed by atoms with Gasteiger partial charge in [-0.3, -0.25) is 4.57 Å². The third-order valence-corrected chi connectivity index (χ3v) is 3.27. The molecule has 6 heteroatoms. The van der Waals surface area contributed by atoms with Crippen molar-refractivity contribution >= 4 is 17.5 Å². The highest BCUT2D eigenvalue weighted by atomic mass is 35.5. The number of benzene rings is 1. The molecule has 114 valence electrons. The van der Waals surface area contributed by atoms with Gasteiger partial charge in [-0.1, -0.05) is 11.6 Å². The van der Waals surface area contributed by atoms with Crippen molar-refractivity contribution in [1.82, 2.24) is 9.55 Å². The van der Waals surface area contributed by atoms with Gasteiger partial charge in [0, 0.05) is 26.0 Å². The van der Waals surface area contributed by atoms with E-state index in [-0.39, 0.29) is 5.82 Å². The van der Waals surface area contributed by atoms with E-state index in [0.717, 1.165) is 18.7 Å². The summed E-state index contributed by atoms with van der Waals surface area (Å²) in [5.74, 6) is 0.319. The van der Waals surface area contributed by atoms with Crippen LogP contribution >= 0.6 is 11.6 Å². The average Bonchev–Trinajstić information content (AvgIpc) is 2.82. The molecule has 0 radical (unpaired) electrons. The SMILES string of the molecule is CCOCCCNc1nc(C)cn1-c1cc(F)ccc1Cl. The van der Waals surface area contributed by atoms with E-state index in [1.54, 1.807) is 10.6 Å². The number of hydrogen-bond acceptors (Lipinski definition) is 3. The van der Waals surface area contributed by atoms with Crippen molar-refractivity contribution in [3.05, 3.63) is 40.9 Å². The predicted molar refractivity (Wildman–Crippen MR) is 82.9 cm³/mol. The minimum absolute atomic E-state index is 0.331. The van der Waals surface area contributed by atoms with Crippen molar-refractivity contribution in [3.8, 4) is 5.69 Å². The Labute approximate surface area is 128 Å². The van der Waals surface area contributed by atoms with Crippen molar-refractivity contribution in [2.45, 2.75) is 20.3 Å². The molecule has 2 aromatic rings. The molecular formula is C15H19ClFN3O. The minimum Gasteiger partial charge on any atom is -0.382 e. The minimum atomic E-state index is -0.331. The molecule has 0 spiro atoms. The quantitative estimate of drug-likeness (QED) is 0.790. The van der Waals surface area contributed by atoms with Crippen LogP contribution in [-0.2, 0) is 4.74 Å². The van der Waals surface area contributed by atoms with Crippen LogP contribution in [0.2, 0.25) is 5.02 Å². The van der Waals surface area contributed by atoms with E-state index in [1.165, 1.54) is 12.1 Å². The highest BCUT2D eigenvalue weighted by Crippen LogP contribution is 2.25. The monoisotopic (exact) mass is 311 g/mol. The smallest absolute Gasteiger partial charge is 0.207 e. The molecule has 4 nitrogen and oxygen atoms in total. The maximum atomic E-state index is 13.4. The van der Waals surface area contributed by atoms with Crippen LogP contribution in [0.5, 0.6) is 0 Å². The first-order chi connectivity index (χ1) is 10.1. The fraction of sp³-hybridized carbons (Fsp3) is 0.400. The highest BCUT2D eigenvalue weighted by molar-refractivity contribution is 6.32. The van der Waals surface area contributed by atoms with Gasteiger partial charge in [0.05, 0.1) is 16.4 Å². The highest BCUT2D eigenvalue weighted by Gasteiger charge is 2.11. The molecule has 0 bridgehead atoms. The summed E-state index contributed by atoms with van der Waals surface area (Å²) in [6.45, 7) is 5.99. The standard InChI is InChI=1S/C15H19ClFN3O/c1-3-21-8-4-7-18-15-19-11(2)10-20(15)14-9-12(17)5-6-13(14)16/h5-6,9-10H,3-4,7-8H2,1-2H3,(H,18,19). The molecule has 0 aliphatic carbocycles. The van der Waals surface area contributed by atoms with E-state index in [0.29, 0.717) is 29.9 Å². The second-order valence-electron chi connectivity index (χ2n) is 4.65. The number of anilines is 1. The molecule has 1 aromatic heterocycles. The number of imidazole rings is 1. The van der Waals surface area contributed by atoms with E-state index < -0.39 is 0 Å². The molecular weight excluding hydrogens is 293 g/mol. The second kappa shape index (κ2) is 7.43. The summed E-state index contributed by atoms with van der Waals surface area (Å²) in [7, 11) is 0. The van der Waals surface area contributed by atoms with Crippen LogP contribution in [-0.4, -0.2) is 29.3 Å². The van der Waals surface area contributed by atoms with Crippen LogP contribution in [0.1, 0.15) is 19.0 Å². The summed E-state index contributed by atoms with van der Waals surface area (Å²) in [5.41, 5.74) is 1.41. The second-order valence-corrected chi connectivity index (χ2v) is 5.06. The third-order valence-electron chi connectivity index (χ3n) is 2.95. The molecule has 0 fully saturated rings. The number of nitrogens with zero attached hydrogens (tertiary/aromatic N) is 2. The number of aryl methyl sites for hydroxylation is 1. The van der Waals surface area contributed by atoms with E-state index in [4.69, 9.17) is 16.3 Å². The van der Waals surface area contributed by atoms with Crippen LogP contribution in [0.15, 0.2) is 24.4 Å². The molecule has 1 aromatic carbocycles. The zero-order chi connectivity index (χ0) is 15.2. The third kappa shape index (κ3) is 4.19. The number of ether oxygens (including phenoxy) is 1. The molecule has 0 amide bonds. The van der Waals surface area contributed by atoms with Gasteiger partial charge in [-0.05, 0) is 38.5 Å². The topological polar surface area (TPSA) is 39.1 Å². The Kier molecular flexibility index (Phi) is 5.59. The molecule has 0 saturated carbocycles. The van der Waals surface area contributed by atoms with E-state index in [9.17, 15) is 4.39 Å². The summed E-state index contributed by atoms with van der Waals surface area (Å²) in [6, 6.07) is 4.28. The van der Waals surface area contributed by atoms with Gasteiger partial charge in [-0.15, -0.1) is 0 Å². The Morgan fingerprint density at radius 2 is 2.24 bits per heavy atom. The summed E-state index contributed by atoms with van der Waals surface area (Å²) in [4.78, 5) is 4.41. The lowest BCUT2D eigenvalue weighted by atomic mass is 10.3. The van der Waals surface area contributed by atoms with Crippen LogP contribution in [0.25, 0.3) is 5.69 Å². The zero-order valence-electron chi connectivity index (χ0n) is 12.2. The van der Waals surface area contributed by atoms with Crippen LogP contribution in [0, 0.1) is 12.7 Å². The average molecular weight is 312 g/mol. The van der Waals surface area contributed by atoms with Gasteiger partial charge in [-0.2, -0.15) is 0 Å². The van der Waals surface area contributed by atoms with Gasteiger partial charge in [-0.25, -0.2) is 9.37 Å². The zero-order valence-corrected chi connectivity index (χ0v) is 13.0. The van der Waals surface area contributed by atoms with Gasteiger partial charge in [0.25, 0.3) is 0 Å². The number of rotatable bonds is 7. The van der Waals surface area contributed by atoms with Gasteiger partial charge >= 0.3 is 0 Å². The summed E-state index contributed by atoms with van der Waals surface area (Å²) in [6.07, 6.45) is 2.70. The summed E-state index contributed by atoms with van der Waals surface area (Å²) in [5, 5.41) is 3.71. The van der Waals surface area contributed by atoms with Crippen LogP contribution in [0.3, 0.4) is 0 Å². The van der Waals surface area contributed by atoms with Gasteiger partial charge < -0.3 is 10.1 Å². The Morgan fingerprint density at radius 1 is 1.43 bits per heavy atom. The first-order valence-electron chi connectivity index (χ1n) is 6.95. The number of hydrogen-bond donors (Lipinski definition) is 1. The number of aromatic nitrogens is 2. The maximum Gasteiger partial charge on any atom is 0.207 e. The lowest BCUT2D eigenvalue weighted by Crippen LogP contribution is -2.10. The van der Waals surface area contributed by atoms with E-state index >= 15 is 0 Å².